The SMILES string of the molecule is COCc1nnc(SCc2ccc(OC)cc2)n1-c1ccccc1. The summed E-state index contributed by atoms with van der Waals surface area (Å²) in [6, 6.07) is 18.1. The van der Waals surface area contributed by atoms with Crippen LogP contribution in [0.25, 0.3) is 5.69 Å². The third kappa shape index (κ3) is 3.77. The Labute approximate surface area is 145 Å². The van der Waals surface area contributed by atoms with Gasteiger partial charge in [-0.1, -0.05) is 42.1 Å². The van der Waals surface area contributed by atoms with Crippen molar-refractivity contribution in [2.75, 3.05) is 14.2 Å². The fourth-order valence-electron chi connectivity index (χ4n) is 2.32. The van der Waals surface area contributed by atoms with Gasteiger partial charge in [-0.3, -0.25) is 4.57 Å². The van der Waals surface area contributed by atoms with Crippen LogP contribution >= 0.6 is 11.8 Å². The minimum atomic E-state index is 0.422. The van der Waals surface area contributed by atoms with Gasteiger partial charge in [-0.05, 0) is 29.8 Å². The summed E-state index contributed by atoms with van der Waals surface area (Å²) in [6.07, 6.45) is 0. The third-order valence-electron chi connectivity index (χ3n) is 3.52. The van der Waals surface area contributed by atoms with Crippen LogP contribution in [0.5, 0.6) is 5.75 Å². The summed E-state index contributed by atoms with van der Waals surface area (Å²) in [6.45, 7) is 0.422. The molecule has 0 aliphatic rings. The summed E-state index contributed by atoms with van der Waals surface area (Å²) in [5.74, 6) is 2.46. The van der Waals surface area contributed by atoms with Crippen molar-refractivity contribution >= 4 is 11.8 Å². The Morgan fingerprint density at radius 1 is 0.958 bits per heavy atom. The molecule has 0 radical (unpaired) electrons. The van der Waals surface area contributed by atoms with E-state index in [-0.39, 0.29) is 0 Å². The Hall–Kier alpha value is -2.31. The Bertz CT molecular complexity index is 773. The maximum Gasteiger partial charge on any atom is 0.196 e. The van der Waals surface area contributed by atoms with Crippen molar-refractivity contribution in [2.24, 2.45) is 0 Å². The molecule has 0 aliphatic heterocycles. The first-order chi connectivity index (χ1) is 11.8. The van der Waals surface area contributed by atoms with Gasteiger partial charge in [-0.25, -0.2) is 0 Å². The van der Waals surface area contributed by atoms with E-state index in [0.717, 1.165) is 28.2 Å². The molecule has 3 rings (SSSR count). The highest BCUT2D eigenvalue weighted by Gasteiger charge is 2.14. The normalized spacial score (nSPS) is 10.8. The number of rotatable bonds is 7. The van der Waals surface area contributed by atoms with Gasteiger partial charge in [0.05, 0.1) is 7.11 Å². The molecule has 0 amide bonds. The van der Waals surface area contributed by atoms with Crippen LogP contribution in [0.4, 0.5) is 0 Å². The third-order valence-corrected chi connectivity index (χ3v) is 4.52. The van der Waals surface area contributed by atoms with Gasteiger partial charge >= 0.3 is 0 Å². The first-order valence-electron chi connectivity index (χ1n) is 7.56. The number of hydrogen-bond donors (Lipinski definition) is 0. The maximum absolute atomic E-state index is 5.25. The standard InChI is InChI=1S/C18H19N3O2S/c1-22-12-17-19-20-18(21(17)15-6-4-3-5-7-15)24-13-14-8-10-16(23-2)11-9-14/h3-11H,12-13H2,1-2H3. The highest BCUT2D eigenvalue weighted by Crippen LogP contribution is 2.26. The molecule has 1 heterocycles. The predicted octanol–water partition coefficient (Wildman–Crippen LogP) is 3.71. The minimum Gasteiger partial charge on any atom is -0.497 e. The molecule has 0 spiro atoms. The fraction of sp³-hybridized carbons (Fsp3) is 0.222. The quantitative estimate of drug-likeness (QED) is 0.613. The second kappa shape index (κ2) is 7.99. The zero-order chi connectivity index (χ0) is 16.8. The topological polar surface area (TPSA) is 49.2 Å². The van der Waals surface area contributed by atoms with Crippen LogP contribution in [-0.4, -0.2) is 29.0 Å². The van der Waals surface area contributed by atoms with Gasteiger partial charge in [0.2, 0.25) is 0 Å². The van der Waals surface area contributed by atoms with E-state index in [1.807, 2.05) is 47.0 Å². The molecular weight excluding hydrogens is 322 g/mol. The average Bonchev–Trinajstić information content (AvgIpc) is 3.04. The Balaban J connectivity index is 1.82. The molecule has 0 saturated carbocycles. The second-order valence-corrected chi connectivity index (χ2v) is 6.08. The van der Waals surface area contributed by atoms with E-state index in [0.29, 0.717) is 6.61 Å². The Morgan fingerprint density at radius 2 is 1.71 bits per heavy atom. The molecule has 0 fully saturated rings. The van der Waals surface area contributed by atoms with Gasteiger partial charge in [0.25, 0.3) is 0 Å². The summed E-state index contributed by atoms with van der Waals surface area (Å²) in [5.41, 5.74) is 2.24. The number of benzene rings is 2. The van der Waals surface area contributed by atoms with Gasteiger partial charge in [0, 0.05) is 18.6 Å². The van der Waals surface area contributed by atoms with Crippen molar-refractivity contribution in [3.63, 3.8) is 0 Å². The summed E-state index contributed by atoms with van der Waals surface area (Å²) in [4.78, 5) is 0. The van der Waals surface area contributed by atoms with Gasteiger partial charge < -0.3 is 9.47 Å². The molecule has 0 bridgehead atoms. The first-order valence-corrected chi connectivity index (χ1v) is 8.54. The lowest BCUT2D eigenvalue weighted by molar-refractivity contribution is 0.176. The van der Waals surface area contributed by atoms with Crippen molar-refractivity contribution in [3.8, 4) is 11.4 Å². The van der Waals surface area contributed by atoms with Gasteiger partial charge in [-0.2, -0.15) is 0 Å². The van der Waals surface area contributed by atoms with Gasteiger partial charge in [-0.15, -0.1) is 10.2 Å². The van der Waals surface area contributed by atoms with E-state index in [2.05, 4.69) is 22.3 Å². The molecule has 0 aliphatic carbocycles. The molecule has 1 aromatic heterocycles. The largest absolute Gasteiger partial charge is 0.497 e. The number of para-hydroxylation sites is 1. The van der Waals surface area contributed by atoms with Crippen LogP contribution in [0.15, 0.2) is 59.8 Å². The van der Waals surface area contributed by atoms with Crippen LogP contribution in [0.1, 0.15) is 11.4 Å². The molecule has 124 valence electrons. The highest BCUT2D eigenvalue weighted by molar-refractivity contribution is 7.98. The van der Waals surface area contributed by atoms with E-state index in [1.54, 1.807) is 26.0 Å². The molecule has 2 aromatic carbocycles. The van der Waals surface area contributed by atoms with Crippen LogP contribution in [0.2, 0.25) is 0 Å². The zero-order valence-corrected chi connectivity index (χ0v) is 14.5. The van der Waals surface area contributed by atoms with Gasteiger partial charge in [0.15, 0.2) is 11.0 Å². The van der Waals surface area contributed by atoms with Crippen molar-refractivity contribution in [1.29, 1.82) is 0 Å². The van der Waals surface area contributed by atoms with Crippen LogP contribution < -0.4 is 4.74 Å². The first kappa shape index (κ1) is 16.5. The monoisotopic (exact) mass is 341 g/mol. The second-order valence-electron chi connectivity index (χ2n) is 5.14. The number of thioether (sulfide) groups is 1. The molecule has 0 saturated heterocycles. The number of aromatic nitrogens is 3. The van der Waals surface area contributed by atoms with Crippen molar-refractivity contribution in [2.45, 2.75) is 17.5 Å². The lowest BCUT2D eigenvalue weighted by atomic mass is 10.2. The number of methoxy groups -OCH3 is 2. The Morgan fingerprint density at radius 3 is 2.38 bits per heavy atom. The van der Waals surface area contributed by atoms with Crippen molar-refractivity contribution in [3.05, 3.63) is 66.0 Å². The van der Waals surface area contributed by atoms with Gasteiger partial charge in [0.1, 0.15) is 12.4 Å². The van der Waals surface area contributed by atoms with Crippen LogP contribution in [-0.2, 0) is 17.1 Å². The van der Waals surface area contributed by atoms with E-state index in [4.69, 9.17) is 9.47 Å². The predicted molar refractivity (Wildman–Crippen MR) is 94.6 cm³/mol. The molecule has 24 heavy (non-hydrogen) atoms. The molecule has 6 heteroatoms. The molecular formula is C18H19N3O2S. The summed E-state index contributed by atoms with van der Waals surface area (Å²) >= 11 is 1.65. The minimum absolute atomic E-state index is 0.422. The van der Waals surface area contributed by atoms with E-state index >= 15 is 0 Å². The summed E-state index contributed by atoms with van der Waals surface area (Å²) in [7, 11) is 3.33. The molecule has 0 N–H and O–H groups in total. The van der Waals surface area contributed by atoms with Crippen molar-refractivity contribution < 1.29 is 9.47 Å². The smallest absolute Gasteiger partial charge is 0.196 e. The summed E-state index contributed by atoms with van der Waals surface area (Å²) in [5, 5.41) is 9.45. The van der Waals surface area contributed by atoms with E-state index in [1.165, 1.54) is 5.56 Å². The molecule has 5 nitrogen and oxygen atoms in total. The van der Waals surface area contributed by atoms with Crippen LogP contribution in [0, 0.1) is 0 Å². The highest BCUT2D eigenvalue weighted by atomic mass is 32.2. The molecule has 0 atom stereocenters. The number of hydrogen-bond acceptors (Lipinski definition) is 5. The van der Waals surface area contributed by atoms with E-state index < -0.39 is 0 Å². The summed E-state index contributed by atoms with van der Waals surface area (Å²) < 4.78 is 12.5. The van der Waals surface area contributed by atoms with Crippen molar-refractivity contribution in [1.82, 2.24) is 14.8 Å². The maximum atomic E-state index is 5.25. The van der Waals surface area contributed by atoms with Crippen LogP contribution in [0.3, 0.4) is 0 Å². The Kier molecular flexibility index (Phi) is 5.51. The molecule has 3 aromatic rings. The molecule has 0 unspecified atom stereocenters. The average molecular weight is 341 g/mol. The number of ether oxygens (including phenoxy) is 2. The zero-order valence-electron chi connectivity index (χ0n) is 13.7. The fourth-order valence-corrected chi connectivity index (χ4v) is 3.25. The van der Waals surface area contributed by atoms with E-state index in [9.17, 15) is 0 Å². The lowest BCUT2D eigenvalue weighted by Crippen LogP contribution is -2.03. The lowest BCUT2D eigenvalue weighted by Gasteiger charge is -2.10. The number of nitrogens with zero attached hydrogens (tertiary/aromatic N) is 3.